The van der Waals surface area contributed by atoms with Crippen LogP contribution < -0.4 is 10.5 Å². The summed E-state index contributed by atoms with van der Waals surface area (Å²) in [5.74, 6) is 0.731. The van der Waals surface area contributed by atoms with Gasteiger partial charge in [-0.25, -0.2) is 0 Å². The smallest absolute Gasteiger partial charge is 0.305 e. The zero-order valence-electron chi connectivity index (χ0n) is 12.7. The third-order valence-corrected chi connectivity index (χ3v) is 3.15. The third-order valence-electron chi connectivity index (χ3n) is 3.15. The van der Waals surface area contributed by atoms with Crippen LogP contribution in [-0.4, -0.2) is 19.2 Å². The van der Waals surface area contributed by atoms with E-state index in [0.717, 1.165) is 41.8 Å². The lowest BCUT2D eigenvalue weighted by atomic mass is 10.1. The first kappa shape index (κ1) is 16.3. The molecule has 0 amide bonds. The van der Waals surface area contributed by atoms with Crippen molar-refractivity contribution in [3.63, 3.8) is 0 Å². The molecule has 2 N–H and O–H groups in total. The van der Waals surface area contributed by atoms with Crippen molar-refractivity contribution in [2.45, 2.75) is 46.5 Å². The van der Waals surface area contributed by atoms with Gasteiger partial charge in [0.1, 0.15) is 5.75 Å². The molecule has 0 bridgehead atoms. The van der Waals surface area contributed by atoms with Gasteiger partial charge in [0.2, 0.25) is 0 Å². The molecule has 0 atom stereocenters. The van der Waals surface area contributed by atoms with Crippen molar-refractivity contribution in [1.82, 2.24) is 0 Å². The van der Waals surface area contributed by atoms with Gasteiger partial charge in [-0.3, -0.25) is 4.79 Å². The maximum absolute atomic E-state index is 11.1. The summed E-state index contributed by atoms with van der Waals surface area (Å²) < 4.78 is 10.6. The molecule has 0 aliphatic carbocycles. The minimum atomic E-state index is -0.115. The summed E-state index contributed by atoms with van der Waals surface area (Å²) in [6.07, 6.45) is 3.22. The molecule has 0 saturated carbocycles. The predicted octanol–water partition coefficient (Wildman–Crippen LogP) is 3.39. The number of carbonyl (C=O) groups excluding carboxylic acids is 1. The van der Waals surface area contributed by atoms with Crippen LogP contribution in [-0.2, 0) is 9.53 Å². The topological polar surface area (TPSA) is 61.5 Å². The van der Waals surface area contributed by atoms with E-state index in [-0.39, 0.29) is 5.97 Å². The Bertz CT molecular complexity index is 444. The summed E-state index contributed by atoms with van der Waals surface area (Å²) in [4.78, 5) is 11.1. The molecule has 1 aromatic carbocycles. The first-order valence-corrected chi connectivity index (χ1v) is 7.19. The molecular weight excluding hydrogens is 254 g/mol. The molecule has 0 heterocycles. The number of nitrogen functional groups attached to an aromatic ring is 1. The minimum Gasteiger partial charge on any atom is -0.493 e. The lowest BCUT2D eigenvalue weighted by Gasteiger charge is -2.11. The van der Waals surface area contributed by atoms with Gasteiger partial charge in [0.05, 0.1) is 13.2 Å². The number of aryl methyl sites for hydroxylation is 2. The monoisotopic (exact) mass is 279 g/mol. The summed E-state index contributed by atoms with van der Waals surface area (Å²) in [7, 11) is 0. The molecule has 0 aromatic heterocycles. The largest absolute Gasteiger partial charge is 0.493 e. The van der Waals surface area contributed by atoms with Gasteiger partial charge >= 0.3 is 5.97 Å². The predicted molar refractivity (Wildman–Crippen MR) is 80.9 cm³/mol. The Morgan fingerprint density at radius 2 is 1.90 bits per heavy atom. The highest BCUT2D eigenvalue weighted by molar-refractivity contribution is 5.69. The van der Waals surface area contributed by atoms with Crippen LogP contribution in [0, 0.1) is 13.8 Å². The third kappa shape index (κ3) is 5.51. The van der Waals surface area contributed by atoms with Crippen LogP contribution in [0.3, 0.4) is 0 Å². The number of esters is 1. The van der Waals surface area contributed by atoms with E-state index in [1.165, 1.54) is 0 Å². The van der Waals surface area contributed by atoms with Crippen LogP contribution in [0.5, 0.6) is 5.75 Å². The van der Waals surface area contributed by atoms with Gasteiger partial charge < -0.3 is 15.2 Å². The Labute approximate surface area is 121 Å². The van der Waals surface area contributed by atoms with Crippen molar-refractivity contribution in [3.8, 4) is 5.75 Å². The fourth-order valence-corrected chi connectivity index (χ4v) is 1.97. The van der Waals surface area contributed by atoms with E-state index < -0.39 is 0 Å². The van der Waals surface area contributed by atoms with Gasteiger partial charge in [-0.1, -0.05) is 6.07 Å². The quantitative estimate of drug-likeness (QED) is 0.450. The average Bonchev–Trinajstić information content (AvgIpc) is 2.39. The summed E-state index contributed by atoms with van der Waals surface area (Å²) in [6.45, 7) is 6.92. The SMILES string of the molecule is CCOC(=O)CCCCCOc1cc(N)c(C)cc1C. The number of carbonyl (C=O) groups is 1. The lowest BCUT2D eigenvalue weighted by Crippen LogP contribution is -2.04. The maximum Gasteiger partial charge on any atom is 0.305 e. The van der Waals surface area contributed by atoms with Crippen molar-refractivity contribution in [2.75, 3.05) is 18.9 Å². The van der Waals surface area contributed by atoms with Crippen LogP contribution in [0.1, 0.15) is 43.7 Å². The molecule has 0 saturated heterocycles. The van der Waals surface area contributed by atoms with Crippen molar-refractivity contribution in [1.29, 1.82) is 0 Å². The highest BCUT2D eigenvalue weighted by atomic mass is 16.5. The van der Waals surface area contributed by atoms with E-state index in [2.05, 4.69) is 0 Å². The molecule has 1 aromatic rings. The van der Waals surface area contributed by atoms with Crippen LogP contribution in [0.25, 0.3) is 0 Å². The zero-order chi connectivity index (χ0) is 15.0. The van der Waals surface area contributed by atoms with Gasteiger partial charge in [0.25, 0.3) is 0 Å². The van der Waals surface area contributed by atoms with Crippen molar-refractivity contribution < 1.29 is 14.3 Å². The molecule has 1 rings (SSSR count). The summed E-state index contributed by atoms with van der Waals surface area (Å²) in [6, 6.07) is 3.91. The number of hydrogen-bond donors (Lipinski definition) is 1. The maximum atomic E-state index is 11.1. The van der Waals surface area contributed by atoms with E-state index in [4.69, 9.17) is 15.2 Å². The number of nitrogens with two attached hydrogens (primary N) is 1. The fourth-order valence-electron chi connectivity index (χ4n) is 1.97. The minimum absolute atomic E-state index is 0.115. The molecule has 112 valence electrons. The normalized spacial score (nSPS) is 10.3. The Hall–Kier alpha value is -1.71. The standard InChI is InChI=1S/C16H25NO3/c1-4-19-16(18)8-6-5-7-9-20-15-11-14(17)12(2)10-13(15)3/h10-11H,4-9,17H2,1-3H3. The molecule has 0 aliphatic heterocycles. The molecule has 20 heavy (non-hydrogen) atoms. The average molecular weight is 279 g/mol. The second kappa shape index (κ2) is 8.46. The number of hydrogen-bond acceptors (Lipinski definition) is 4. The zero-order valence-corrected chi connectivity index (χ0v) is 12.7. The van der Waals surface area contributed by atoms with Crippen molar-refractivity contribution in [3.05, 3.63) is 23.3 Å². The van der Waals surface area contributed by atoms with Crippen LogP contribution >= 0.6 is 0 Å². The van der Waals surface area contributed by atoms with Gasteiger partial charge in [-0.05, 0) is 51.2 Å². The van der Waals surface area contributed by atoms with Crippen LogP contribution in [0.2, 0.25) is 0 Å². The number of unbranched alkanes of at least 4 members (excludes halogenated alkanes) is 2. The number of ether oxygens (including phenoxy) is 2. The second-order valence-electron chi connectivity index (χ2n) is 4.94. The molecule has 0 fully saturated rings. The number of benzene rings is 1. The van der Waals surface area contributed by atoms with Gasteiger partial charge in [-0.15, -0.1) is 0 Å². The molecule has 0 radical (unpaired) electrons. The number of rotatable bonds is 8. The molecule has 0 unspecified atom stereocenters. The van der Waals surface area contributed by atoms with E-state index in [1.54, 1.807) is 0 Å². The Kier molecular flexibility index (Phi) is 6.91. The van der Waals surface area contributed by atoms with Crippen molar-refractivity contribution >= 4 is 11.7 Å². The molecule has 4 heteroatoms. The molecule has 4 nitrogen and oxygen atoms in total. The van der Waals surface area contributed by atoms with Gasteiger partial charge in [0, 0.05) is 18.2 Å². The Balaban J connectivity index is 2.22. The molecular formula is C16H25NO3. The molecule has 0 aliphatic rings. The second-order valence-corrected chi connectivity index (χ2v) is 4.94. The Morgan fingerprint density at radius 3 is 2.60 bits per heavy atom. The fraction of sp³-hybridized carbons (Fsp3) is 0.562. The van der Waals surface area contributed by atoms with E-state index in [9.17, 15) is 4.79 Å². The summed E-state index contributed by atoms with van der Waals surface area (Å²) in [5.41, 5.74) is 8.80. The summed E-state index contributed by atoms with van der Waals surface area (Å²) >= 11 is 0. The van der Waals surface area contributed by atoms with E-state index in [1.807, 2.05) is 32.9 Å². The van der Waals surface area contributed by atoms with Crippen molar-refractivity contribution in [2.24, 2.45) is 0 Å². The first-order valence-electron chi connectivity index (χ1n) is 7.19. The van der Waals surface area contributed by atoms with Crippen LogP contribution in [0.15, 0.2) is 12.1 Å². The number of anilines is 1. The Morgan fingerprint density at radius 1 is 1.15 bits per heavy atom. The summed E-state index contributed by atoms with van der Waals surface area (Å²) in [5, 5.41) is 0. The first-order chi connectivity index (χ1) is 9.54. The highest BCUT2D eigenvalue weighted by Gasteiger charge is 2.04. The van der Waals surface area contributed by atoms with Crippen LogP contribution in [0.4, 0.5) is 5.69 Å². The highest BCUT2D eigenvalue weighted by Crippen LogP contribution is 2.24. The van der Waals surface area contributed by atoms with Gasteiger partial charge in [-0.2, -0.15) is 0 Å². The van der Waals surface area contributed by atoms with E-state index in [0.29, 0.717) is 19.6 Å². The van der Waals surface area contributed by atoms with Gasteiger partial charge in [0.15, 0.2) is 0 Å². The lowest BCUT2D eigenvalue weighted by molar-refractivity contribution is -0.143. The molecule has 0 spiro atoms. The van der Waals surface area contributed by atoms with E-state index >= 15 is 0 Å².